The molecule has 0 radical (unpaired) electrons. The predicted octanol–water partition coefficient (Wildman–Crippen LogP) is 4.39. The van der Waals surface area contributed by atoms with Gasteiger partial charge in [-0.2, -0.15) is 10.2 Å². The number of aromatic nitrogens is 7. The van der Waals surface area contributed by atoms with Gasteiger partial charge in [-0.25, -0.2) is 19.5 Å². The van der Waals surface area contributed by atoms with Gasteiger partial charge in [0.05, 0.1) is 29.9 Å². The van der Waals surface area contributed by atoms with Crippen LogP contribution in [0.1, 0.15) is 5.56 Å². The average molecular weight is 528 g/mol. The zero-order valence-electron chi connectivity index (χ0n) is 21.4. The number of hydrogen-bond acceptors (Lipinski definition) is 8. The Morgan fingerprint density at radius 2 is 1.73 bits per heavy atom. The zero-order valence-corrected chi connectivity index (χ0v) is 21.4. The van der Waals surface area contributed by atoms with Crippen LogP contribution in [0.4, 0.5) is 11.6 Å². The van der Waals surface area contributed by atoms with Crippen LogP contribution in [0.25, 0.3) is 49.7 Å². The molecule has 0 unspecified atom stereocenters. The molecule has 7 aromatic rings. The van der Waals surface area contributed by atoms with Crippen LogP contribution in [0.15, 0.2) is 91.6 Å². The molecule has 10 heteroatoms. The quantitative estimate of drug-likeness (QED) is 0.278. The number of anilines is 2. The number of aliphatic hydroxyl groups excluding tert-OH is 1. The Hall–Kier alpha value is -5.35. The summed E-state index contributed by atoms with van der Waals surface area (Å²) in [5.41, 5.74) is 13.7. The fraction of sp³-hybridized carbons (Fsp3) is 0.100. The standard InChI is InChI=1S/C30H25N9O/c31-29-28-23(20-6-7-22-16-38(37-26(22)13-20)15-19-4-2-1-3-5-19)14-27(39(28)36-18-34-29)21-8-9-25-24(12-21)30(32-10-11-40)35-17-33-25/h1-9,12-14,16-18,40H,10-11,15H2,(H2,31,34,36)(H,32,33,35). The number of nitrogen functional groups attached to an aromatic ring is 1. The van der Waals surface area contributed by atoms with E-state index in [4.69, 9.17) is 10.8 Å². The van der Waals surface area contributed by atoms with Crippen molar-refractivity contribution in [3.8, 4) is 22.4 Å². The third-order valence-electron chi connectivity index (χ3n) is 6.97. The van der Waals surface area contributed by atoms with E-state index in [2.05, 4.69) is 68.0 Å². The van der Waals surface area contributed by atoms with Crippen LogP contribution in [-0.4, -0.2) is 52.6 Å². The first-order chi connectivity index (χ1) is 19.7. The van der Waals surface area contributed by atoms with E-state index in [1.165, 1.54) is 18.2 Å². The first kappa shape index (κ1) is 23.7. The number of nitrogens with zero attached hydrogens (tertiary/aromatic N) is 7. The molecule has 0 spiro atoms. The second kappa shape index (κ2) is 9.75. The lowest BCUT2D eigenvalue weighted by Gasteiger charge is -2.09. The van der Waals surface area contributed by atoms with Crippen molar-refractivity contribution in [1.82, 2.24) is 34.3 Å². The zero-order chi connectivity index (χ0) is 27.1. The second-order valence-electron chi connectivity index (χ2n) is 9.54. The second-order valence-corrected chi connectivity index (χ2v) is 9.54. The van der Waals surface area contributed by atoms with Gasteiger partial charge >= 0.3 is 0 Å². The Kier molecular flexibility index (Phi) is 5.79. The van der Waals surface area contributed by atoms with Crippen molar-refractivity contribution in [2.24, 2.45) is 0 Å². The van der Waals surface area contributed by atoms with E-state index >= 15 is 0 Å². The molecule has 4 N–H and O–H groups in total. The van der Waals surface area contributed by atoms with Crippen LogP contribution in [0.2, 0.25) is 0 Å². The summed E-state index contributed by atoms with van der Waals surface area (Å²) in [4.78, 5) is 13.1. The molecule has 10 nitrogen and oxygen atoms in total. The summed E-state index contributed by atoms with van der Waals surface area (Å²) in [5, 5.41) is 23.7. The third kappa shape index (κ3) is 4.16. The maximum Gasteiger partial charge on any atom is 0.152 e. The third-order valence-corrected chi connectivity index (χ3v) is 6.97. The molecule has 0 atom stereocenters. The van der Waals surface area contributed by atoms with Crippen molar-refractivity contribution < 1.29 is 5.11 Å². The van der Waals surface area contributed by atoms with E-state index in [9.17, 15) is 5.11 Å². The number of benzene rings is 3. The normalized spacial score (nSPS) is 11.5. The van der Waals surface area contributed by atoms with Gasteiger partial charge < -0.3 is 16.2 Å². The fourth-order valence-corrected chi connectivity index (χ4v) is 5.11. The van der Waals surface area contributed by atoms with Crippen LogP contribution in [0, 0.1) is 0 Å². The Labute approximate surface area is 228 Å². The van der Waals surface area contributed by atoms with E-state index in [1.54, 1.807) is 0 Å². The minimum absolute atomic E-state index is 0.00290. The van der Waals surface area contributed by atoms with Crippen molar-refractivity contribution in [3.63, 3.8) is 0 Å². The van der Waals surface area contributed by atoms with E-state index in [0.717, 1.165) is 49.7 Å². The molecule has 7 rings (SSSR count). The minimum Gasteiger partial charge on any atom is -0.395 e. The van der Waals surface area contributed by atoms with Gasteiger partial charge in [0, 0.05) is 34.6 Å². The van der Waals surface area contributed by atoms with Crippen LogP contribution >= 0.6 is 0 Å². The topological polar surface area (TPSA) is 132 Å². The van der Waals surface area contributed by atoms with Crippen LogP contribution in [0.3, 0.4) is 0 Å². The molecule has 0 saturated heterocycles. The molecule has 4 aromatic heterocycles. The van der Waals surface area contributed by atoms with Gasteiger partial charge in [-0.1, -0.05) is 48.5 Å². The lowest BCUT2D eigenvalue weighted by atomic mass is 10.0. The number of aliphatic hydroxyl groups is 1. The Morgan fingerprint density at radius 1 is 0.850 bits per heavy atom. The summed E-state index contributed by atoms with van der Waals surface area (Å²) in [7, 11) is 0. The van der Waals surface area contributed by atoms with Gasteiger partial charge in [0.2, 0.25) is 0 Å². The van der Waals surface area contributed by atoms with E-state index in [1.807, 2.05) is 45.6 Å². The van der Waals surface area contributed by atoms with Gasteiger partial charge in [0.15, 0.2) is 5.82 Å². The highest BCUT2D eigenvalue weighted by Crippen LogP contribution is 2.37. The molecule has 0 amide bonds. The Morgan fingerprint density at radius 3 is 2.60 bits per heavy atom. The molecule has 3 aromatic carbocycles. The van der Waals surface area contributed by atoms with Crippen molar-refractivity contribution >= 4 is 39.0 Å². The molecule has 0 aliphatic rings. The number of fused-ring (bicyclic) bond motifs is 3. The van der Waals surface area contributed by atoms with Gasteiger partial charge in [-0.3, -0.25) is 4.68 Å². The number of nitrogens with one attached hydrogen (secondary N) is 1. The summed E-state index contributed by atoms with van der Waals surface area (Å²) in [6.45, 7) is 1.09. The maximum absolute atomic E-state index is 9.28. The average Bonchev–Trinajstić information content (AvgIpc) is 3.58. The number of hydrogen-bond donors (Lipinski definition) is 3. The van der Waals surface area contributed by atoms with Crippen LogP contribution < -0.4 is 11.1 Å². The molecule has 0 aliphatic heterocycles. The van der Waals surface area contributed by atoms with Gasteiger partial charge in [0.25, 0.3) is 0 Å². The number of nitrogens with two attached hydrogens (primary N) is 1. The highest BCUT2D eigenvalue weighted by Gasteiger charge is 2.18. The Balaban J connectivity index is 1.34. The monoisotopic (exact) mass is 527 g/mol. The fourth-order valence-electron chi connectivity index (χ4n) is 5.11. The van der Waals surface area contributed by atoms with E-state index in [0.29, 0.717) is 24.7 Å². The SMILES string of the molecule is Nc1ncnn2c(-c3ccc4ncnc(NCCO)c4c3)cc(-c3ccc4cn(Cc5ccccc5)nc4c3)c12. The van der Waals surface area contributed by atoms with Gasteiger partial charge in [0.1, 0.15) is 24.0 Å². The molecule has 0 bridgehead atoms. The smallest absolute Gasteiger partial charge is 0.152 e. The van der Waals surface area contributed by atoms with Gasteiger partial charge in [-0.05, 0) is 35.4 Å². The van der Waals surface area contributed by atoms with Crippen molar-refractivity contribution in [2.75, 3.05) is 24.2 Å². The molecule has 0 saturated carbocycles. The van der Waals surface area contributed by atoms with E-state index < -0.39 is 0 Å². The van der Waals surface area contributed by atoms with Crippen LogP contribution in [0.5, 0.6) is 0 Å². The maximum atomic E-state index is 9.28. The molecule has 40 heavy (non-hydrogen) atoms. The molecular formula is C30H25N9O. The Bertz CT molecular complexity index is 2000. The largest absolute Gasteiger partial charge is 0.395 e. The summed E-state index contributed by atoms with van der Waals surface area (Å²) >= 11 is 0. The molecule has 4 heterocycles. The molecule has 0 aliphatic carbocycles. The first-order valence-corrected chi connectivity index (χ1v) is 12.9. The van der Waals surface area contributed by atoms with Crippen LogP contribution in [-0.2, 0) is 6.54 Å². The molecule has 196 valence electrons. The summed E-state index contributed by atoms with van der Waals surface area (Å²) < 4.78 is 3.78. The lowest BCUT2D eigenvalue weighted by molar-refractivity contribution is 0.311. The summed E-state index contributed by atoms with van der Waals surface area (Å²) in [6, 6.07) is 24.6. The molecule has 0 fully saturated rings. The molecular weight excluding hydrogens is 502 g/mol. The predicted molar refractivity (Wildman–Crippen MR) is 156 cm³/mol. The summed E-state index contributed by atoms with van der Waals surface area (Å²) in [5.74, 6) is 1.05. The summed E-state index contributed by atoms with van der Waals surface area (Å²) in [6.07, 6.45) is 5.03. The lowest BCUT2D eigenvalue weighted by Crippen LogP contribution is -2.07. The minimum atomic E-state index is 0.00290. The van der Waals surface area contributed by atoms with Crippen molar-refractivity contribution in [2.45, 2.75) is 6.54 Å². The van der Waals surface area contributed by atoms with Crippen molar-refractivity contribution in [1.29, 1.82) is 0 Å². The number of rotatable bonds is 7. The van der Waals surface area contributed by atoms with Crippen molar-refractivity contribution in [3.05, 3.63) is 97.2 Å². The first-order valence-electron chi connectivity index (χ1n) is 12.9. The highest BCUT2D eigenvalue weighted by atomic mass is 16.3. The highest BCUT2D eigenvalue weighted by molar-refractivity contribution is 5.97. The van der Waals surface area contributed by atoms with Gasteiger partial charge in [-0.15, -0.1) is 0 Å². The van der Waals surface area contributed by atoms with E-state index in [-0.39, 0.29) is 6.61 Å².